The van der Waals surface area contributed by atoms with E-state index in [1.54, 1.807) is 0 Å². The molecule has 0 spiro atoms. The van der Waals surface area contributed by atoms with Crippen molar-refractivity contribution in [3.05, 3.63) is 17.5 Å². The topological polar surface area (TPSA) is 108 Å². The molecule has 2 heterocycles. The van der Waals surface area contributed by atoms with Crippen molar-refractivity contribution < 1.29 is 19.2 Å². The van der Waals surface area contributed by atoms with Gasteiger partial charge in [-0.15, -0.1) is 0 Å². The van der Waals surface area contributed by atoms with Gasteiger partial charge in [-0.1, -0.05) is 18.5 Å². The van der Waals surface area contributed by atoms with Crippen molar-refractivity contribution in [2.75, 3.05) is 26.7 Å². The van der Waals surface area contributed by atoms with Gasteiger partial charge in [0.1, 0.15) is 0 Å². The zero-order valence-corrected chi connectivity index (χ0v) is 14.3. The summed E-state index contributed by atoms with van der Waals surface area (Å²) >= 11 is 0. The first-order chi connectivity index (χ1) is 11.5. The molecule has 0 aliphatic carbocycles. The summed E-state index contributed by atoms with van der Waals surface area (Å²) in [5, 5.41) is 18.9. The second kappa shape index (κ2) is 8.14. The number of piperidine rings is 1. The molecule has 24 heavy (non-hydrogen) atoms. The maximum Gasteiger partial charge on any atom is 0.407 e. The van der Waals surface area contributed by atoms with Gasteiger partial charge in [-0.25, -0.2) is 4.79 Å². The van der Waals surface area contributed by atoms with E-state index in [1.807, 2.05) is 0 Å². The van der Waals surface area contributed by atoms with Gasteiger partial charge in [-0.2, -0.15) is 0 Å². The lowest BCUT2D eigenvalue weighted by Gasteiger charge is -2.38. The van der Waals surface area contributed by atoms with Gasteiger partial charge in [0.2, 0.25) is 0 Å². The molecular formula is C16H26N4O4. The number of carboxylic acid groups (broad SMARTS) is 1. The highest BCUT2D eigenvalue weighted by molar-refractivity contribution is 5.91. The van der Waals surface area contributed by atoms with Crippen LogP contribution in [0.4, 0.5) is 4.79 Å². The van der Waals surface area contributed by atoms with Gasteiger partial charge in [-0.05, 0) is 37.8 Å². The fourth-order valence-electron chi connectivity index (χ4n) is 3.16. The van der Waals surface area contributed by atoms with Crippen LogP contribution in [0.25, 0.3) is 0 Å². The Bertz CT molecular complexity index is 566. The summed E-state index contributed by atoms with van der Waals surface area (Å²) < 4.78 is 5.09. The molecule has 1 aliphatic heterocycles. The van der Waals surface area contributed by atoms with E-state index in [9.17, 15) is 14.7 Å². The first-order valence-electron chi connectivity index (χ1n) is 8.36. The van der Waals surface area contributed by atoms with Crippen LogP contribution in [0.1, 0.15) is 48.9 Å². The Balaban J connectivity index is 1.98. The van der Waals surface area contributed by atoms with Crippen LogP contribution in [0, 0.1) is 5.41 Å². The lowest BCUT2D eigenvalue weighted by molar-refractivity contribution is 0.0952. The van der Waals surface area contributed by atoms with Gasteiger partial charge in [-0.3, -0.25) is 4.79 Å². The summed E-state index contributed by atoms with van der Waals surface area (Å²) in [6.45, 7) is 4.68. The van der Waals surface area contributed by atoms with Crippen molar-refractivity contribution in [2.45, 2.75) is 39.2 Å². The third-order valence-electron chi connectivity index (χ3n) is 4.96. The average molecular weight is 338 g/mol. The molecule has 0 aromatic carbocycles. The SMILES string of the molecule is CCC1(CCN(Cc2cc(C(=O)NC)no2)C(=O)O)CCNCC1. The molecule has 8 heteroatoms. The Kier molecular flexibility index (Phi) is 6.19. The number of nitrogens with one attached hydrogen (secondary N) is 2. The Morgan fingerprint density at radius 3 is 2.75 bits per heavy atom. The molecule has 1 fully saturated rings. The van der Waals surface area contributed by atoms with Gasteiger partial charge >= 0.3 is 6.09 Å². The minimum Gasteiger partial charge on any atom is -0.465 e. The van der Waals surface area contributed by atoms with Gasteiger partial charge in [0.25, 0.3) is 5.91 Å². The highest BCUT2D eigenvalue weighted by Gasteiger charge is 2.31. The summed E-state index contributed by atoms with van der Waals surface area (Å²) in [5.74, 6) is 0.0124. The fourth-order valence-corrected chi connectivity index (χ4v) is 3.16. The number of aromatic nitrogens is 1. The number of carbonyl (C=O) groups excluding carboxylic acids is 1. The summed E-state index contributed by atoms with van der Waals surface area (Å²) in [6.07, 6.45) is 3.02. The van der Waals surface area contributed by atoms with Crippen molar-refractivity contribution >= 4 is 12.0 Å². The molecule has 1 saturated heterocycles. The first kappa shape index (κ1) is 18.3. The van der Waals surface area contributed by atoms with Crippen molar-refractivity contribution in [3.8, 4) is 0 Å². The molecule has 8 nitrogen and oxygen atoms in total. The fraction of sp³-hybridized carbons (Fsp3) is 0.688. The van der Waals surface area contributed by atoms with Gasteiger partial charge < -0.3 is 25.2 Å². The van der Waals surface area contributed by atoms with Gasteiger partial charge in [0.15, 0.2) is 11.5 Å². The van der Waals surface area contributed by atoms with Crippen molar-refractivity contribution in [1.82, 2.24) is 20.7 Å². The summed E-state index contributed by atoms with van der Waals surface area (Å²) in [4.78, 5) is 24.4. The van der Waals surface area contributed by atoms with Crippen LogP contribution in [-0.2, 0) is 6.54 Å². The third kappa shape index (κ3) is 4.47. The highest BCUT2D eigenvalue weighted by Crippen LogP contribution is 2.36. The molecule has 1 aromatic rings. The van der Waals surface area contributed by atoms with E-state index in [0.717, 1.165) is 38.8 Å². The largest absolute Gasteiger partial charge is 0.465 e. The number of hydrogen-bond donors (Lipinski definition) is 3. The third-order valence-corrected chi connectivity index (χ3v) is 4.96. The van der Waals surface area contributed by atoms with E-state index in [4.69, 9.17) is 4.52 Å². The Hall–Kier alpha value is -2.09. The maximum atomic E-state index is 11.5. The van der Waals surface area contributed by atoms with E-state index < -0.39 is 6.09 Å². The van der Waals surface area contributed by atoms with E-state index in [-0.39, 0.29) is 23.6 Å². The number of amides is 2. The normalized spacial score (nSPS) is 16.6. The summed E-state index contributed by atoms with van der Waals surface area (Å²) in [6, 6.07) is 1.48. The average Bonchev–Trinajstić information content (AvgIpc) is 3.07. The summed E-state index contributed by atoms with van der Waals surface area (Å²) in [5.41, 5.74) is 0.356. The van der Waals surface area contributed by atoms with Crippen molar-refractivity contribution in [1.29, 1.82) is 0 Å². The number of rotatable bonds is 7. The predicted octanol–water partition coefficient (Wildman–Crippen LogP) is 1.68. The smallest absolute Gasteiger partial charge is 0.407 e. The number of nitrogens with zero attached hydrogens (tertiary/aromatic N) is 2. The standard InChI is InChI=1S/C16H26N4O4/c1-3-16(4-7-18-8-5-16)6-9-20(15(22)23)11-12-10-13(19-24-12)14(21)17-2/h10,18H,3-9,11H2,1-2H3,(H,17,21)(H,22,23). The number of carbonyl (C=O) groups is 2. The first-order valence-corrected chi connectivity index (χ1v) is 8.36. The molecule has 2 rings (SSSR count). The summed E-state index contributed by atoms with van der Waals surface area (Å²) in [7, 11) is 1.50. The molecule has 0 saturated carbocycles. The second-order valence-electron chi connectivity index (χ2n) is 6.32. The number of hydrogen-bond acceptors (Lipinski definition) is 5. The van der Waals surface area contributed by atoms with Crippen LogP contribution in [0.2, 0.25) is 0 Å². The minimum absolute atomic E-state index is 0.0946. The van der Waals surface area contributed by atoms with Crippen LogP contribution in [0.3, 0.4) is 0 Å². The monoisotopic (exact) mass is 338 g/mol. The highest BCUT2D eigenvalue weighted by atomic mass is 16.5. The Morgan fingerprint density at radius 1 is 1.46 bits per heavy atom. The maximum absolute atomic E-state index is 11.5. The zero-order valence-electron chi connectivity index (χ0n) is 14.3. The van der Waals surface area contributed by atoms with Gasteiger partial charge in [0.05, 0.1) is 6.54 Å². The quantitative estimate of drug-likeness (QED) is 0.698. The Morgan fingerprint density at radius 2 is 2.17 bits per heavy atom. The molecule has 1 aliphatic rings. The van der Waals surface area contributed by atoms with Gasteiger partial charge in [0, 0.05) is 19.7 Å². The van der Waals surface area contributed by atoms with Crippen molar-refractivity contribution in [2.24, 2.45) is 5.41 Å². The molecule has 0 atom stereocenters. The van der Waals surface area contributed by atoms with E-state index >= 15 is 0 Å². The molecule has 134 valence electrons. The molecule has 2 amide bonds. The van der Waals surface area contributed by atoms with E-state index in [0.29, 0.717) is 12.3 Å². The van der Waals surface area contributed by atoms with Crippen LogP contribution >= 0.6 is 0 Å². The van der Waals surface area contributed by atoms with Crippen LogP contribution in [0.15, 0.2) is 10.6 Å². The molecule has 1 aromatic heterocycles. The van der Waals surface area contributed by atoms with Crippen LogP contribution in [0.5, 0.6) is 0 Å². The molecular weight excluding hydrogens is 312 g/mol. The Labute approximate surface area is 141 Å². The minimum atomic E-state index is -0.993. The lowest BCUT2D eigenvalue weighted by Crippen LogP contribution is -2.40. The zero-order chi connectivity index (χ0) is 17.6. The van der Waals surface area contributed by atoms with Crippen LogP contribution in [-0.4, -0.2) is 53.8 Å². The lowest BCUT2D eigenvalue weighted by atomic mass is 9.74. The van der Waals surface area contributed by atoms with E-state index in [1.165, 1.54) is 18.0 Å². The molecule has 0 bridgehead atoms. The molecule has 0 unspecified atom stereocenters. The predicted molar refractivity (Wildman–Crippen MR) is 87.8 cm³/mol. The van der Waals surface area contributed by atoms with E-state index in [2.05, 4.69) is 22.7 Å². The molecule has 0 radical (unpaired) electrons. The second-order valence-corrected chi connectivity index (χ2v) is 6.32. The van der Waals surface area contributed by atoms with Crippen molar-refractivity contribution in [3.63, 3.8) is 0 Å². The van der Waals surface area contributed by atoms with Crippen LogP contribution < -0.4 is 10.6 Å². The molecule has 3 N–H and O–H groups in total.